The maximum Gasteiger partial charge on any atom is 0.414 e. The second-order valence-corrected chi connectivity index (χ2v) is 3.63. The number of ketones is 1. The number of rotatable bonds is 3. The maximum absolute atomic E-state index is 12.0. The van der Waals surface area contributed by atoms with Crippen LogP contribution in [0.15, 0.2) is 24.3 Å². The summed E-state index contributed by atoms with van der Waals surface area (Å²) in [5, 5.41) is 8.96. The molecule has 0 aliphatic rings. The third-order valence-corrected chi connectivity index (χ3v) is 2.14. The molecule has 0 saturated heterocycles. The minimum atomic E-state index is -4.78. The molecular weight excluding hydrogens is 245 g/mol. The minimum Gasteiger partial charge on any atom is -0.383 e. The standard InChI is InChI=1S/C10H8ClF3O2/c11-7-3-1-2-6(4-7)8(15)5-9(16)10(12,13)14/h1-4,9,16H,5H2/t9-/m0/s1. The molecule has 1 aromatic rings. The van der Waals surface area contributed by atoms with Gasteiger partial charge in [0.15, 0.2) is 11.9 Å². The second-order valence-electron chi connectivity index (χ2n) is 3.20. The molecule has 0 aromatic heterocycles. The Kier molecular flexibility index (Phi) is 3.93. The number of carbonyl (C=O) groups is 1. The molecule has 1 aromatic carbocycles. The predicted molar refractivity (Wildman–Crippen MR) is 52.5 cm³/mol. The number of alkyl halides is 3. The number of Topliss-reactive ketones (excluding diaryl/α,β-unsaturated/α-hetero) is 1. The van der Waals surface area contributed by atoms with Crippen LogP contribution < -0.4 is 0 Å². The summed E-state index contributed by atoms with van der Waals surface area (Å²) in [4.78, 5) is 11.3. The highest BCUT2D eigenvalue weighted by Crippen LogP contribution is 2.24. The predicted octanol–water partition coefficient (Wildman–Crippen LogP) is 2.84. The normalized spacial score (nSPS) is 13.6. The molecule has 6 heteroatoms. The van der Waals surface area contributed by atoms with Crippen LogP contribution in [-0.2, 0) is 0 Å². The fourth-order valence-electron chi connectivity index (χ4n) is 1.07. The van der Waals surface area contributed by atoms with Crippen molar-refractivity contribution >= 4 is 17.4 Å². The van der Waals surface area contributed by atoms with E-state index in [1.54, 1.807) is 0 Å². The Morgan fingerprint density at radius 3 is 2.56 bits per heavy atom. The third kappa shape index (κ3) is 3.50. The van der Waals surface area contributed by atoms with E-state index in [0.29, 0.717) is 0 Å². The van der Waals surface area contributed by atoms with Gasteiger partial charge in [0.2, 0.25) is 0 Å². The summed E-state index contributed by atoms with van der Waals surface area (Å²) in [6.45, 7) is 0. The molecule has 0 aliphatic heterocycles. The lowest BCUT2D eigenvalue weighted by Gasteiger charge is -2.13. The molecule has 0 spiro atoms. The van der Waals surface area contributed by atoms with Gasteiger partial charge < -0.3 is 5.11 Å². The maximum atomic E-state index is 12.0. The smallest absolute Gasteiger partial charge is 0.383 e. The van der Waals surface area contributed by atoms with Crippen LogP contribution in [0.25, 0.3) is 0 Å². The van der Waals surface area contributed by atoms with Gasteiger partial charge >= 0.3 is 6.18 Å². The number of hydrogen-bond acceptors (Lipinski definition) is 2. The Labute approximate surface area is 94.6 Å². The molecule has 0 fully saturated rings. The third-order valence-electron chi connectivity index (χ3n) is 1.90. The average Bonchev–Trinajstić information content (AvgIpc) is 2.16. The number of halogens is 4. The van der Waals surface area contributed by atoms with Crippen LogP contribution in [0.4, 0.5) is 13.2 Å². The van der Waals surface area contributed by atoms with Crippen LogP contribution in [0.5, 0.6) is 0 Å². The molecule has 0 radical (unpaired) electrons. The van der Waals surface area contributed by atoms with Crippen molar-refractivity contribution in [1.29, 1.82) is 0 Å². The van der Waals surface area contributed by atoms with Crippen LogP contribution in [0.3, 0.4) is 0 Å². The molecule has 16 heavy (non-hydrogen) atoms. The highest BCUT2D eigenvalue weighted by atomic mass is 35.5. The molecule has 88 valence electrons. The SMILES string of the molecule is O=C(C[C@H](O)C(F)(F)F)c1cccc(Cl)c1. The van der Waals surface area contributed by atoms with Crippen molar-refractivity contribution in [2.75, 3.05) is 0 Å². The summed E-state index contributed by atoms with van der Waals surface area (Å²) in [6.07, 6.45) is -8.42. The Hall–Kier alpha value is -1.07. The molecule has 2 nitrogen and oxygen atoms in total. The quantitative estimate of drug-likeness (QED) is 0.840. The molecule has 1 N–H and O–H groups in total. The summed E-state index contributed by atoms with van der Waals surface area (Å²) >= 11 is 5.58. The van der Waals surface area contributed by atoms with Crippen molar-refractivity contribution in [3.05, 3.63) is 34.9 Å². The molecule has 0 heterocycles. The summed E-state index contributed by atoms with van der Waals surface area (Å²) in [5.74, 6) is -0.799. The van der Waals surface area contributed by atoms with Gasteiger partial charge in [-0.3, -0.25) is 4.79 Å². The van der Waals surface area contributed by atoms with E-state index >= 15 is 0 Å². The van der Waals surface area contributed by atoms with E-state index in [2.05, 4.69) is 0 Å². The van der Waals surface area contributed by atoms with Crippen LogP contribution in [0, 0.1) is 0 Å². The summed E-state index contributed by atoms with van der Waals surface area (Å²) < 4.78 is 35.9. The van der Waals surface area contributed by atoms with Crippen molar-refractivity contribution in [2.24, 2.45) is 0 Å². The lowest BCUT2D eigenvalue weighted by Crippen LogP contribution is -2.30. The van der Waals surface area contributed by atoms with Gasteiger partial charge in [0.05, 0.1) is 0 Å². The molecule has 1 atom stereocenters. The number of aliphatic hydroxyl groups excluding tert-OH is 1. The van der Waals surface area contributed by atoms with Crippen molar-refractivity contribution < 1.29 is 23.1 Å². The van der Waals surface area contributed by atoms with Crippen LogP contribution in [0.1, 0.15) is 16.8 Å². The Bertz CT molecular complexity index is 390. The van der Waals surface area contributed by atoms with E-state index in [1.807, 2.05) is 0 Å². The largest absolute Gasteiger partial charge is 0.414 e. The highest BCUT2D eigenvalue weighted by Gasteiger charge is 2.39. The van der Waals surface area contributed by atoms with Crippen LogP contribution in [0.2, 0.25) is 5.02 Å². The lowest BCUT2D eigenvalue weighted by atomic mass is 10.1. The first-order chi connectivity index (χ1) is 7.30. The zero-order chi connectivity index (χ0) is 12.3. The monoisotopic (exact) mass is 252 g/mol. The Morgan fingerprint density at radius 1 is 1.44 bits per heavy atom. The first-order valence-electron chi connectivity index (χ1n) is 4.34. The van der Waals surface area contributed by atoms with Crippen molar-refractivity contribution in [3.8, 4) is 0 Å². The molecule has 0 bridgehead atoms. The summed E-state index contributed by atoms with van der Waals surface area (Å²) in [6, 6.07) is 5.55. The van der Waals surface area contributed by atoms with Gasteiger partial charge in [-0.1, -0.05) is 23.7 Å². The van der Waals surface area contributed by atoms with Crippen molar-refractivity contribution in [3.63, 3.8) is 0 Å². The van der Waals surface area contributed by atoms with Crippen molar-refractivity contribution in [1.82, 2.24) is 0 Å². The zero-order valence-electron chi connectivity index (χ0n) is 7.96. The molecule has 0 amide bonds. The summed E-state index contributed by atoms with van der Waals surface area (Å²) in [7, 11) is 0. The highest BCUT2D eigenvalue weighted by molar-refractivity contribution is 6.31. The zero-order valence-corrected chi connectivity index (χ0v) is 8.72. The fraction of sp³-hybridized carbons (Fsp3) is 0.300. The molecule has 0 unspecified atom stereocenters. The van der Waals surface area contributed by atoms with Crippen molar-refractivity contribution in [2.45, 2.75) is 18.7 Å². The van der Waals surface area contributed by atoms with Crippen LogP contribution in [-0.4, -0.2) is 23.2 Å². The summed E-state index contributed by atoms with van der Waals surface area (Å²) in [5.41, 5.74) is 0.0517. The van der Waals surface area contributed by atoms with Gasteiger partial charge in [-0.05, 0) is 12.1 Å². The number of hydrogen-bond donors (Lipinski definition) is 1. The topological polar surface area (TPSA) is 37.3 Å². The lowest BCUT2D eigenvalue weighted by molar-refractivity contribution is -0.202. The van der Waals surface area contributed by atoms with Gasteiger partial charge in [-0.2, -0.15) is 13.2 Å². The number of aliphatic hydroxyl groups is 1. The first-order valence-corrected chi connectivity index (χ1v) is 4.72. The second kappa shape index (κ2) is 4.84. The number of carbonyl (C=O) groups excluding carboxylic acids is 1. The van der Waals surface area contributed by atoms with E-state index in [-0.39, 0.29) is 10.6 Å². The van der Waals surface area contributed by atoms with Gasteiger partial charge in [0, 0.05) is 17.0 Å². The van der Waals surface area contributed by atoms with Gasteiger partial charge in [-0.25, -0.2) is 0 Å². The van der Waals surface area contributed by atoms with E-state index < -0.39 is 24.5 Å². The van der Waals surface area contributed by atoms with Gasteiger partial charge in [0.25, 0.3) is 0 Å². The first kappa shape index (κ1) is 13.0. The van der Waals surface area contributed by atoms with Gasteiger partial charge in [0.1, 0.15) is 0 Å². The molecule has 0 saturated carbocycles. The minimum absolute atomic E-state index is 0.0517. The molecule has 0 aliphatic carbocycles. The van der Waals surface area contributed by atoms with E-state index in [1.165, 1.54) is 24.3 Å². The molecule has 1 rings (SSSR count). The van der Waals surface area contributed by atoms with E-state index in [0.717, 1.165) is 0 Å². The number of benzene rings is 1. The molecular formula is C10H8ClF3O2. The average molecular weight is 253 g/mol. The van der Waals surface area contributed by atoms with Crippen LogP contribution >= 0.6 is 11.6 Å². The van der Waals surface area contributed by atoms with E-state index in [4.69, 9.17) is 16.7 Å². The van der Waals surface area contributed by atoms with Gasteiger partial charge in [-0.15, -0.1) is 0 Å². The Morgan fingerprint density at radius 2 is 2.06 bits per heavy atom. The fourth-order valence-corrected chi connectivity index (χ4v) is 1.26. The van der Waals surface area contributed by atoms with E-state index in [9.17, 15) is 18.0 Å². The Balaban J connectivity index is 2.74.